The minimum atomic E-state index is 0.120. The van der Waals surface area contributed by atoms with Crippen molar-refractivity contribution in [1.82, 2.24) is 10.2 Å². The van der Waals surface area contributed by atoms with Crippen LogP contribution in [0.4, 0.5) is 0 Å². The molecule has 0 aromatic rings. The average molecular weight is 264 g/mol. The molecule has 0 spiro atoms. The molecule has 0 saturated carbocycles. The van der Waals surface area contributed by atoms with Gasteiger partial charge >= 0.3 is 0 Å². The zero-order valence-electron chi connectivity index (χ0n) is 10.1. The van der Waals surface area contributed by atoms with Gasteiger partial charge in [0.15, 0.2) is 0 Å². The van der Waals surface area contributed by atoms with Crippen LogP contribution < -0.4 is 5.32 Å². The van der Waals surface area contributed by atoms with Gasteiger partial charge in [0.25, 0.3) is 0 Å². The molecule has 1 amide bonds. The number of rotatable bonds is 10. The first-order valence-electron chi connectivity index (χ1n) is 5.95. The van der Waals surface area contributed by atoms with Gasteiger partial charge in [0.1, 0.15) is 0 Å². The van der Waals surface area contributed by atoms with Gasteiger partial charge in [-0.25, -0.2) is 0 Å². The number of nitrogens with zero attached hydrogens (tertiary/aromatic N) is 1. The van der Waals surface area contributed by atoms with E-state index in [1.807, 2.05) is 0 Å². The summed E-state index contributed by atoms with van der Waals surface area (Å²) in [4.78, 5) is 13.7. The van der Waals surface area contributed by atoms with Gasteiger partial charge < -0.3 is 10.2 Å². The standard InChI is InChI=1S/C11H24N2OS2/c1-2-3-6-13(8-10-16)7-4-11(14)12-5-9-15/h15-16H,2-10H2,1H3,(H,12,14). The Bertz CT molecular complexity index is 179. The summed E-state index contributed by atoms with van der Waals surface area (Å²) in [7, 11) is 0. The second-order valence-electron chi connectivity index (χ2n) is 3.74. The summed E-state index contributed by atoms with van der Waals surface area (Å²) < 4.78 is 0. The van der Waals surface area contributed by atoms with Crippen LogP contribution in [0.25, 0.3) is 0 Å². The van der Waals surface area contributed by atoms with Gasteiger partial charge in [-0.05, 0) is 13.0 Å². The van der Waals surface area contributed by atoms with Crippen molar-refractivity contribution in [2.24, 2.45) is 0 Å². The molecule has 96 valence electrons. The van der Waals surface area contributed by atoms with Crippen molar-refractivity contribution in [3.05, 3.63) is 0 Å². The number of amides is 1. The van der Waals surface area contributed by atoms with Gasteiger partial charge in [-0.2, -0.15) is 25.3 Å². The predicted molar refractivity (Wildman–Crippen MR) is 76.7 cm³/mol. The molecule has 0 aliphatic heterocycles. The van der Waals surface area contributed by atoms with Crippen molar-refractivity contribution >= 4 is 31.2 Å². The largest absolute Gasteiger partial charge is 0.355 e. The second-order valence-corrected chi connectivity index (χ2v) is 4.64. The molecule has 0 rings (SSSR count). The molecule has 0 bridgehead atoms. The summed E-state index contributed by atoms with van der Waals surface area (Å²) in [6, 6.07) is 0. The third kappa shape index (κ3) is 9.36. The first-order chi connectivity index (χ1) is 7.74. The Morgan fingerprint density at radius 3 is 2.50 bits per heavy atom. The SMILES string of the molecule is CCCCN(CCS)CCC(=O)NCCS. The van der Waals surface area contributed by atoms with Crippen molar-refractivity contribution in [2.75, 3.05) is 37.7 Å². The zero-order valence-corrected chi connectivity index (χ0v) is 11.9. The average Bonchev–Trinajstić information content (AvgIpc) is 2.30. The Hall–Kier alpha value is 0.130. The quantitative estimate of drug-likeness (QED) is 0.522. The lowest BCUT2D eigenvalue weighted by Crippen LogP contribution is -2.33. The van der Waals surface area contributed by atoms with E-state index < -0.39 is 0 Å². The normalized spacial score (nSPS) is 10.8. The first kappa shape index (κ1) is 16.1. The number of carbonyl (C=O) groups excluding carboxylic acids is 1. The molecule has 0 aliphatic rings. The lowest BCUT2D eigenvalue weighted by atomic mass is 10.3. The summed E-state index contributed by atoms with van der Waals surface area (Å²) in [5, 5.41) is 2.82. The van der Waals surface area contributed by atoms with E-state index in [1.54, 1.807) is 0 Å². The van der Waals surface area contributed by atoms with Crippen LogP contribution in [0.3, 0.4) is 0 Å². The van der Waals surface area contributed by atoms with Crippen molar-refractivity contribution in [2.45, 2.75) is 26.2 Å². The smallest absolute Gasteiger partial charge is 0.221 e. The highest BCUT2D eigenvalue weighted by Gasteiger charge is 2.06. The highest BCUT2D eigenvalue weighted by molar-refractivity contribution is 7.80. The second kappa shape index (κ2) is 11.6. The summed E-state index contributed by atoms with van der Waals surface area (Å²) >= 11 is 8.28. The van der Waals surface area contributed by atoms with Gasteiger partial charge in [-0.3, -0.25) is 4.79 Å². The Morgan fingerprint density at radius 1 is 1.19 bits per heavy atom. The van der Waals surface area contributed by atoms with E-state index in [0.29, 0.717) is 18.7 Å². The number of hydrogen-bond donors (Lipinski definition) is 3. The third-order valence-corrected chi connectivity index (χ3v) is 2.76. The summed E-state index contributed by atoms with van der Waals surface area (Å²) in [5.41, 5.74) is 0. The molecule has 0 radical (unpaired) electrons. The number of unbranched alkanes of at least 4 members (excludes halogenated alkanes) is 1. The molecular formula is C11H24N2OS2. The van der Waals surface area contributed by atoms with E-state index in [0.717, 1.165) is 25.4 Å². The van der Waals surface area contributed by atoms with Crippen molar-refractivity contribution < 1.29 is 4.79 Å². The fourth-order valence-electron chi connectivity index (χ4n) is 1.40. The molecule has 0 aliphatic carbocycles. The maximum Gasteiger partial charge on any atom is 0.221 e. The van der Waals surface area contributed by atoms with Crippen LogP contribution in [-0.2, 0) is 4.79 Å². The van der Waals surface area contributed by atoms with Gasteiger partial charge in [-0.15, -0.1) is 0 Å². The number of thiol groups is 2. The molecule has 0 unspecified atom stereocenters. The maximum absolute atomic E-state index is 11.4. The lowest BCUT2D eigenvalue weighted by Gasteiger charge is -2.20. The molecule has 3 nitrogen and oxygen atoms in total. The van der Waals surface area contributed by atoms with Crippen LogP contribution in [0.15, 0.2) is 0 Å². The van der Waals surface area contributed by atoms with Crippen LogP contribution in [0.2, 0.25) is 0 Å². The van der Waals surface area contributed by atoms with E-state index >= 15 is 0 Å². The van der Waals surface area contributed by atoms with Crippen molar-refractivity contribution in [3.8, 4) is 0 Å². The van der Waals surface area contributed by atoms with Gasteiger partial charge in [0, 0.05) is 37.6 Å². The fraction of sp³-hybridized carbons (Fsp3) is 0.909. The maximum atomic E-state index is 11.4. The first-order valence-corrected chi connectivity index (χ1v) is 7.21. The monoisotopic (exact) mass is 264 g/mol. The van der Waals surface area contributed by atoms with E-state index in [-0.39, 0.29) is 5.91 Å². The van der Waals surface area contributed by atoms with Gasteiger partial charge in [0.2, 0.25) is 5.91 Å². The Morgan fingerprint density at radius 2 is 1.94 bits per heavy atom. The topological polar surface area (TPSA) is 32.3 Å². The molecule has 0 aromatic carbocycles. The Labute approximate surface area is 110 Å². The molecule has 0 aromatic heterocycles. The molecule has 0 atom stereocenters. The van der Waals surface area contributed by atoms with Crippen molar-refractivity contribution in [3.63, 3.8) is 0 Å². The van der Waals surface area contributed by atoms with Crippen LogP contribution >= 0.6 is 25.3 Å². The molecule has 16 heavy (non-hydrogen) atoms. The number of carbonyl (C=O) groups is 1. The van der Waals surface area contributed by atoms with Crippen LogP contribution in [-0.4, -0.2) is 48.5 Å². The highest BCUT2D eigenvalue weighted by atomic mass is 32.1. The Kier molecular flexibility index (Phi) is 11.7. The van der Waals surface area contributed by atoms with Crippen LogP contribution in [0, 0.1) is 0 Å². The van der Waals surface area contributed by atoms with Crippen LogP contribution in [0.1, 0.15) is 26.2 Å². The molecule has 0 fully saturated rings. The predicted octanol–water partition coefficient (Wildman–Crippen LogP) is 1.45. The Balaban J connectivity index is 3.68. The van der Waals surface area contributed by atoms with Gasteiger partial charge in [-0.1, -0.05) is 13.3 Å². The molecule has 5 heteroatoms. The molecular weight excluding hydrogens is 240 g/mol. The van der Waals surface area contributed by atoms with E-state index in [2.05, 4.69) is 42.4 Å². The van der Waals surface area contributed by atoms with Crippen molar-refractivity contribution in [1.29, 1.82) is 0 Å². The summed E-state index contributed by atoms with van der Waals surface area (Å²) in [6.45, 7) is 5.70. The lowest BCUT2D eigenvalue weighted by molar-refractivity contribution is -0.121. The molecule has 0 heterocycles. The summed E-state index contributed by atoms with van der Waals surface area (Å²) in [5.74, 6) is 1.67. The fourth-order valence-corrected chi connectivity index (χ4v) is 1.80. The molecule has 0 saturated heterocycles. The van der Waals surface area contributed by atoms with Crippen LogP contribution in [0.5, 0.6) is 0 Å². The van der Waals surface area contributed by atoms with E-state index in [1.165, 1.54) is 12.8 Å². The van der Waals surface area contributed by atoms with Gasteiger partial charge in [0.05, 0.1) is 0 Å². The summed E-state index contributed by atoms with van der Waals surface area (Å²) in [6.07, 6.45) is 2.95. The van der Waals surface area contributed by atoms with E-state index in [4.69, 9.17) is 0 Å². The number of hydrogen-bond acceptors (Lipinski definition) is 4. The minimum absolute atomic E-state index is 0.120. The third-order valence-electron chi connectivity index (χ3n) is 2.33. The number of nitrogens with one attached hydrogen (secondary N) is 1. The highest BCUT2D eigenvalue weighted by Crippen LogP contribution is 1.97. The minimum Gasteiger partial charge on any atom is -0.355 e. The van der Waals surface area contributed by atoms with E-state index in [9.17, 15) is 4.79 Å². The zero-order chi connectivity index (χ0) is 12.2. The molecule has 1 N–H and O–H groups in total.